The van der Waals surface area contributed by atoms with Crippen LogP contribution in [0.3, 0.4) is 0 Å². The monoisotopic (exact) mass is 312 g/mol. The second kappa shape index (κ2) is 5.80. The van der Waals surface area contributed by atoms with Gasteiger partial charge in [0.2, 0.25) is 0 Å². The van der Waals surface area contributed by atoms with Crippen LogP contribution in [0.4, 0.5) is 10.1 Å². The molecule has 21 heavy (non-hydrogen) atoms. The Labute approximate surface area is 122 Å². The van der Waals surface area contributed by atoms with E-state index in [1.54, 1.807) is 4.68 Å². The zero-order chi connectivity index (χ0) is 15.6. The second-order valence-corrected chi connectivity index (χ2v) is 7.18. The number of nitrogen functional groups attached to an aromatic ring is 1. The summed E-state index contributed by atoms with van der Waals surface area (Å²) in [5.74, 6) is -0.439. The van der Waals surface area contributed by atoms with E-state index in [1.807, 2.05) is 13.8 Å². The van der Waals surface area contributed by atoms with Gasteiger partial charge in [-0.25, -0.2) is 22.5 Å². The number of hydrogen-bond acceptors (Lipinski definition) is 5. The lowest BCUT2D eigenvalue weighted by Crippen LogP contribution is -2.15. The van der Waals surface area contributed by atoms with Gasteiger partial charge in [-0.2, -0.15) is 5.10 Å². The highest BCUT2D eigenvalue weighted by Gasteiger charge is 2.20. The number of hydrogen-bond donors (Lipinski definition) is 1. The molecule has 1 aromatic heterocycles. The van der Waals surface area contributed by atoms with Crippen molar-refractivity contribution in [2.75, 3.05) is 5.73 Å². The van der Waals surface area contributed by atoms with Gasteiger partial charge in [0.15, 0.2) is 9.84 Å². The van der Waals surface area contributed by atoms with Gasteiger partial charge >= 0.3 is 0 Å². The minimum absolute atomic E-state index is 0.0862. The zero-order valence-electron chi connectivity index (χ0n) is 11.8. The number of halogens is 1. The summed E-state index contributed by atoms with van der Waals surface area (Å²) in [6.45, 7) is 4.56. The third-order valence-electron chi connectivity index (χ3n) is 2.88. The Kier molecular flexibility index (Phi) is 4.26. The molecule has 0 bridgehead atoms. The summed E-state index contributed by atoms with van der Waals surface area (Å²) in [6, 6.07) is 3.45. The van der Waals surface area contributed by atoms with Crippen LogP contribution >= 0.6 is 0 Å². The van der Waals surface area contributed by atoms with Gasteiger partial charge < -0.3 is 5.73 Å². The summed E-state index contributed by atoms with van der Waals surface area (Å²) in [5.41, 5.74) is 5.26. The fraction of sp³-hybridized carbons (Fsp3) is 0.385. The number of nitrogens with zero attached hydrogens (tertiary/aromatic N) is 3. The quantitative estimate of drug-likeness (QED) is 0.847. The van der Waals surface area contributed by atoms with Crippen molar-refractivity contribution in [1.29, 1.82) is 0 Å². The van der Waals surface area contributed by atoms with Crippen molar-refractivity contribution in [1.82, 2.24) is 14.8 Å². The van der Waals surface area contributed by atoms with Gasteiger partial charge in [-0.1, -0.05) is 13.8 Å². The molecule has 6 nitrogen and oxygen atoms in total. The zero-order valence-corrected chi connectivity index (χ0v) is 12.6. The van der Waals surface area contributed by atoms with Gasteiger partial charge in [-0.15, -0.1) is 0 Å². The van der Waals surface area contributed by atoms with E-state index < -0.39 is 15.7 Å². The first-order valence-corrected chi connectivity index (χ1v) is 8.09. The first kappa shape index (κ1) is 15.4. The molecule has 2 N–H and O–H groups in total. The van der Waals surface area contributed by atoms with Crippen molar-refractivity contribution >= 4 is 15.5 Å². The van der Waals surface area contributed by atoms with Gasteiger partial charge in [-0.05, 0) is 24.1 Å². The lowest BCUT2D eigenvalue weighted by molar-refractivity contribution is 0.470. The van der Waals surface area contributed by atoms with E-state index in [4.69, 9.17) is 5.73 Å². The van der Waals surface area contributed by atoms with Crippen LogP contribution in [0.2, 0.25) is 0 Å². The molecule has 2 rings (SSSR count). The third kappa shape index (κ3) is 3.57. The molecule has 0 spiro atoms. The van der Waals surface area contributed by atoms with Crippen LogP contribution in [0, 0.1) is 11.7 Å². The van der Waals surface area contributed by atoms with Crippen LogP contribution in [0.1, 0.15) is 19.7 Å². The molecule has 0 aliphatic heterocycles. The molecular weight excluding hydrogens is 295 g/mol. The first-order valence-electron chi connectivity index (χ1n) is 6.44. The molecule has 0 atom stereocenters. The number of rotatable bonds is 5. The van der Waals surface area contributed by atoms with E-state index in [9.17, 15) is 12.8 Å². The SMILES string of the molecule is CC(C)Cn1ncnc1CS(=O)(=O)c1ccc(N)c(F)c1. The van der Waals surface area contributed by atoms with Crippen LogP contribution in [-0.4, -0.2) is 23.2 Å². The Morgan fingerprint density at radius 1 is 1.38 bits per heavy atom. The van der Waals surface area contributed by atoms with E-state index >= 15 is 0 Å². The maximum absolute atomic E-state index is 13.4. The van der Waals surface area contributed by atoms with Crippen LogP contribution < -0.4 is 5.73 Å². The summed E-state index contributed by atoms with van der Waals surface area (Å²) in [5, 5.41) is 4.01. The molecule has 8 heteroatoms. The molecule has 0 unspecified atom stereocenters. The van der Waals surface area contributed by atoms with E-state index in [-0.39, 0.29) is 16.3 Å². The topological polar surface area (TPSA) is 90.9 Å². The third-order valence-corrected chi connectivity index (χ3v) is 4.49. The number of aromatic nitrogens is 3. The molecule has 0 amide bonds. The van der Waals surface area contributed by atoms with Crippen molar-refractivity contribution in [3.8, 4) is 0 Å². The summed E-state index contributed by atoms with van der Waals surface area (Å²) in [7, 11) is -3.70. The van der Waals surface area contributed by atoms with Gasteiger partial charge in [0.05, 0.1) is 10.6 Å². The number of benzene rings is 1. The minimum Gasteiger partial charge on any atom is -0.396 e. The maximum atomic E-state index is 13.4. The van der Waals surface area contributed by atoms with Crippen molar-refractivity contribution in [3.05, 3.63) is 36.2 Å². The van der Waals surface area contributed by atoms with Crippen LogP contribution in [0.5, 0.6) is 0 Å². The molecule has 0 radical (unpaired) electrons. The fourth-order valence-corrected chi connectivity index (χ4v) is 3.14. The largest absolute Gasteiger partial charge is 0.396 e. The lowest BCUT2D eigenvalue weighted by Gasteiger charge is -2.09. The second-order valence-electron chi connectivity index (χ2n) is 5.19. The standard InChI is InChI=1S/C13H17FN4O2S/c1-9(2)6-18-13(16-8-17-18)7-21(19,20)10-3-4-12(15)11(14)5-10/h3-5,8-9H,6-7,15H2,1-2H3. The van der Waals surface area contributed by atoms with Gasteiger partial charge in [0.25, 0.3) is 0 Å². The highest BCUT2D eigenvalue weighted by atomic mass is 32.2. The Balaban J connectivity index is 2.29. The first-order chi connectivity index (χ1) is 9.79. The summed E-state index contributed by atoms with van der Waals surface area (Å²) >= 11 is 0. The van der Waals surface area contributed by atoms with Crippen LogP contribution in [-0.2, 0) is 22.1 Å². The Morgan fingerprint density at radius 2 is 2.10 bits per heavy atom. The minimum atomic E-state index is -3.70. The molecule has 0 saturated heterocycles. The van der Waals surface area contributed by atoms with E-state index in [1.165, 1.54) is 18.5 Å². The molecule has 2 aromatic rings. The molecule has 0 aliphatic carbocycles. The summed E-state index contributed by atoms with van der Waals surface area (Å²) in [4.78, 5) is 3.86. The Hall–Kier alpha value is -1.96. The molecule has 1 heterocycles. The van der Waals surface area contributed by atoms with Crippen LogP contribution in [0.15, 0.2) is 29.4 Å². The molecule has 0 aliphatic rings. The predicted octanol–water partition coefficient (Wildman–Crippen LogP) is 1.63. The van der Waals surface area contributed by atoms with Crippen LogP contribution in [0.25, 0.3) is 0 Å². The number of nitrogens with two attached hydrogens (primary N) is 1. The fourth-order valence-electron chi connectivity index (χ4n) is 1.85. The predicted molar refractivity (Wildman–Crippen MR) is 76.6 cm³/mol. The van der Waals surface area contributed by atoms with E-state index in [0.717, 1.165) is 6.07 Å². The van der Waals surface area contributed by atoms with Crippen molar-refractivity contribution < 1.29 is 12.8 Å². The molecular formula is C13H17FN4O2S. The maximum Gasteiger partial charge on any atom is 0.185 e. The van der Waals surface area contributed by atoms with Gasteiger partial charge in [0.1, 0.15) is 23.7 Å². The molecule has 1 aromatic carbocycles. The Morgan fingerprint density at radius 3 is 2.71 bits per heavy atom. The highest BCUT2D eigenvalue weighted by molar-refractivity contribution is 7.90. The van der Waals surface area contributed by atoms with Crippen molar-refractivity contribution in [3.63, 3.8) is 0 Å². The lowest BCUT2D eigenvalue weighted by atomic mass is 10.2. The average molecular weight is 312 g/mol. The number of sulfone groups is 1. The average Bonchev–Trinajstić information content (AvgIpc) is 2.78. The van der Waals surface area contributed by atoms with Crippen molar-refractivity contribution in [2.45, 2.75) is 31.0 Å². The molecule has 114 valence electrons. The summed E-state index contributed by atoms with van der Waals surface area (Å²) in [6.07, 6.45) is 1.32. The normalized spacial score (nSPS) is 12.0. The van der Waals surface area contributed by atoms with Gasteiger partial charge in [0, 0.05) is 6.54 Å². The summed E-state index contributed by atoms with van der Waals surface area (Å²) < 4.78 is 39.6. The Bertz CT molecular complexity index is 740. The van der Waals surface area contributed by atoms with Gasteiger partial charge in [-0.3, -0.25) is 0 Å². The van der Waals surface area contributed by atoms with E-state index in [2.05, 4.69) is 10.1 Å². The highest BCUT2D eigenvalue weighted by Crippen LogP contribution is 2.20. The smallest absolute Gasteiger partial charge is 0.185 e. The van der Waals surface area contributed by atoms with Crippen molar-refractivity contribution in [2.24, 2.45) is 5.92 Å². The molecule has 0 saturated carbocycles. The van der Waals surface area contributed by atoms with E-state index in [0.29, 0.717) is 18.3 Å². The number of anilines is 1. The molecule has 0 fully saturated rings.